The second-order valence-electron chi connectivity index (χ2n) is 12.2. The molecule has 0 aromatic rings. The number of hydrogen-bond acceptors (Lipinski definition) is 3. The molecule has 0 atom stereocenters. The summed E-state index contributed by atoms with van der Waals surface area (Å²) in [6.07, 6.45) is 47.4. The minimum Gasteiger partial charge on any atom is -0.355 e. The van der Waals surface area contributed by atoms with Gasteiger partial charge < -0.3 is 14.2 Å². The van der Waals surface area contributed by atoms with Gasteiger partial charge >= 0.3 is 0 Å². The molecule has 0 rings (SSSR count). The highest BCUT2D eigenvalue weighted by Gasteiger charge is 1.95. The third kappa shape index (κ3) is 42.8. The number of unbranched alkanes of at least 4 members (excludes halogenated alkanes) is 24. The molecule has 0 saturated heterocycles. The molecule has 0 amide bonds. The quantitative estimate of drug-likeness (QED) is 0.0204. The summed E-state index contributed by atoms with van der Waals surface area (Å²) in [7, 11) is 0. The Morgan fingerprint density at radius 3 is 0.837 bits per heavy atom. The number of allylic oxidation sites excluding steroid dienone is 4. The predicted octanol–water partition coefficient (Wildman–Crippen LogP) is 13.9. The van der Waals surface area contributed by atoms with Crippen LogP contribution in [0.3, 0.4) is 0 Å². The van der Waals surface area contributed by atoms with E-state index < -0.39 is 0 Å². The Balaban J connectivity index is 3.13. The molecule has 0 bridgehead atoms. The van der Waals surface area contributed by atoms with Crippen LogP contribution in [-0.2, 0) is 14.2 Å². The lowest BCUT2D eigenvalue weighted by molar-refractivity contribution is -0.131. The van der Waals surface area contributed by atoms with Crippen LogP contribution in [0.25, 0.3) is 0 Å². The summed E-state index contributed by atoms with van der Waals surface area (Å²) in [6, 6.07) is 0. The molecule has 0 aliphatic carbocycles. The second kappa shape index (κ2) is 42.8. The summed E-state index contributed by atoms with van der Waals surface area (Å²) < 4.78 is 19.2. The van der Waals surface area contributed by atoms with Gasteiger partial charge in [-0.1, -0.05) is 185 Å². The third-order valence-electron chi connectivity index (χ3n) is 7.99. The molecular formula is C38H72I2O3. The molecule has 0 radical (unpaired) electrons. The lowest BCUT2D eigenvalue weighted by Crippen LogP contribution is -2.06. The van der Waals surface area contributed by atoms with E-state index in [1.165, 1.54) is 163 Å². The monoisotopic (exact) mass is 830 g/mol. The van der Waals surface area contributed by atoms with Gasteiger partial charge in [-0.05, 0) is 73.1 Å². The molecule has 0 aliphatic heterocycles. The van der Waals surface area contributed by atoms with Crippen molar-refractivity contribution in [2.24, 2.45) is 0 Å². The predicted molar refractivity (Wildman–Crippen MR) is 208 cm³/mol. The first kappa shape index (κ1) is 43.8. The van der Waals surface area contributed by atoms with E-state index in [2.05, 4.69) is 69.5 Å². The first-order valence-corrected chi connectivity index (χ1v) is 21.6. The van der Waals surface area contributed by atoms with Crippen molar-refractivity contribution in [1.82, 2.24) is 0 Å². The lowest BCUT2D eigenvalue weighted by atomic mass is 10.1. The number of rotatable bonds is 38. The molecule has 0 saturated carbocycles. The van der Waals surface area contributed by atoms with E-state index in [-0.39, 0.29) is 0 Å². The van der Waals surface area contributed by atoms with Crippen molar-refractivity contribution >= 4 is 45.2 Å². The Morgan fingerprint density at radius 1 is 0.279 bits per heavy atom. The van der Waals surface area contributed by atoms with Crippen LogP contribution in [0, 0.1) is 0 Å². The molecule has 256 valence electrons. The van der Waals surface area contributed by atoms with Gasteiger partial charge in [0.15, 0.2) is 0 Å². The molecular weight excluding hydrogens is 758 g/mol. The van der Waals surface area contributed by atoms with Gasteiger partial charge in [-0.2, -0.15) is 0 Å². The Morgan fingerprint density at radius 2 is 0.535 bits per heavy atom. The largest absolute Gasteiger partial charge is 0.355 e. The van der Waals surface area contributed by atoms with Crippen LogP contribution >= 0.6 is 45.2 Å². The van der Waals surface area contributed by atoms with Crippen LogP contribution in [0.15, 0.2) is 24.3 Å². The van der Waals surface area contributed by atoms with Crippen molar-refractivity contribution in [3.8, 4) is 0 Å². The fourth-order valence-electron chi connectivity index (χ4n) is 5.24. The van der Waals surface area contributed by atoms with E-state index >= 15 is 0 Å². The van der Waals surface area contributed by atoms with Gasteiger partial charge in [0.25, 0.3) is 0 Å². The first-order chi connectivity index (χ1) is 21.4. The van der Waals surface area contributed by atoms with E-state index in [9.17, 15) is 0 Å². The summed E-state index contributed by atoms with van der Waals surface area (Å²) in [5.41, 5.74) is 0. The van der Waals surface area contributed by atoms with Crippen molar-refractivity contribution in [3.63, 3.8) is 0 Å². The molecule has 0 heterocycles. The minimum atomic E-state index is 0.334. The van der Waals surface area contributed by atoms with Crippen molar-refractivity contribution < 1.29 is 14.2 Å². The minimum absolute atomic E-state index is 0.334. The molecule has 3 nitrogen and oxygen atoms in total. The van der Waals surface area contributed by atoms with Crippen LogP contribution in [-0.4, -0.2) is 35.7 Å². The van der Waals surface area contributed by atoms with E-state index in [0.29, 0.717) is 13.6 Å². The SMILES string of the molecule is ICCCCCCCCCCCCCC=CCCCOCOCOCCCC=CCCCCCCCCCCCCCI. The summed E-state index contributed by atoms with van der Waals surface area (Å²) in [4.78, 5) is 0. The standard InChI is InChI=1S/C38H72I2O3/c39-33-29-25-21-17-13-9-5-1-3-7-11-15-19-23-27-31-35-41-37-43-38-42-36-32-28-24-20-16-12-8-4-2-6-10-14-18-22-26-30-34-40/h19-20,23-24H,1-18,21-22,25-38H2. The van der Waals surface area contributed by atoms with Gasteiger partial charge in [0.1, 0.15) is 13.6 Å². The van der Waals surface area contributed by atoms with E-state index in [4.69, 9.17) is 14.2 Å². The topological polar surface area (TPSA) is 27.7 Å². The Bertz CT molecular complexity index is 495. The van der Waals surface area contributed by atoms with Crippen molar-refractivity contribution in [2.75, 3.05) is 35.7 Å². The van der Waals surface area contributed by atoms with Crippen molar-refractivity contribution in [3.05, 3.63) is 24.3 Å². The van der Waals surface area contributed by atoms with Gasteiger partial charge in [-0.3, -0.25) is 0 Å². The molecule has 43 heavy (non-hydrogen) atoms. The van der Waals surface area contributed by atoms with Crippen LogP contribution in [0.4, 0.5) is 0 Å². The van der Waals surface area contributed by atoms with Crippen molar-refractivity contribution in [2.45, 2.75) is 180 Å². The Labute approximate surface area is 297 Å². The van der Waals surface area contributed by atoms with Gasteiger partial charge in [0.2, 0.25) is 0 Å². The summed E-state index contributed by atoms with van der Waals surface area (Å²) in [5, 5.41) is 0. The third-order valence-corrected chi connectivity index (χ3v) is 9.52. The zero-order valence-electron chi connectivity index (χ0n) is 28.3. The van der Waals surface area contributed by atoms with E-state index in [0.717, 1.165) is 38.9 Å². The fourth-order valence-corrected chi connectivity index (χ4v) is 6.32. The Hall–Kier alpha value is 0.820. The zero-order chi connectivity index (χ0) is 31.0. The number of halogens is 2. The lowest BCUT2D eigenvalue weighted by Gasteiger charge is -2.06. The highest BCUT2D eigenvalue weighted by atomic mass is 127. The number of ether oxygens (including phenoxy) is 3. The van der Waals surface area contributed by atoms with Crippen molar-refractivity contribution in [1.29, 1.82) is 0 Å². The summed E-state index contributed by atoms with van der Waals surface area (Å²) >= 11 is 4.97. The van der Waals surface area contributed by atoms with Crippen LogP contribution in [0.2, 0.25) is 0 Å². The number of hydrogen-bond donors (Lipinski definition) is 0. The van der Waals surface area contributed by atoms with Crippen LogP contribution in [0.1, 0.15) is 180 Å². The molecule has 0 unspecified atom stereocenters. The molecule has 0 aliphatic rings. The average Bonchev–Trinajstić information content (AvgIpc) is 3.02. The molecule has 0 N–H and O–H groups in total. The maximum atomic E-state index is 5.55. The van der Waals surface area contributed by atoms with E-state index in [1.54, 1.807) is 0 Å². The zero-order valence-corrected chi connectivity index (χ0v) is 32.6. The smallest absolute Gasteiger partial charge is 0.149 e. The van der Waals surface area contributed by atoms with Crippen LogP contribution in [0.5, 0.6) is 0 Å². The van der Waals surface area contributed by atoms with E-state index in [1.807, 2.05) is 0 Å². The Kier molecular flexibility index (Phi) is 43.6. The molecule has 0 spiro atoms. The second-order valence-corrected chi connectivity index (χ2v) is 14.4. The molecule has 0 fully saturated rings. The fraction of sp³-hybridized carbons (Fsp3) is 0.895. The molecule has 0 aromatic carbocycles. The van der Waals surface area contributed by atoms with Gasteiger partial charge in [-0.15, -0.1) is 0 Å². The number of alkyl halides is 2. The average molecular weight is 831 g/mol. The maximum absolute atomic E-state index is 5.55. The summed E-state index contributed by atoms with van der Waals surface area (Å²) in [5.74, 6) is 0. The molecule has 5 heteroatoms. The maximum Gasteiger partial charge on any atom is 0.149 e. The first-order valence-electron chi connectivity index (χ1n) is 18.6. The summed E-state index contributed by atoms with van der Waals surface area (Å²) in [6.45, 7) is 2.18. The van der Waals surface area contributed by atoms with Gasteiger partial charge in [-0.25, -0.2) is 0 Å². The molecule has 0 aromatic heterocycles. The normalized spacial score (nSPS) is 12.0. The van der Waals surface area contributed by atoms with Gasteiger partial charge in [0.05, 0.1) is 0 Å². The van der Waals surface area contributed by atoms with Crippen LogP contribution < -0.4 is 0 Å². The highest BCUT2D eigenvalue weighted by molar-refractivity contribution is 14.1. The highest BCUT2D eigenvalue weighted by Crippen LogP contribution is 2.14. The van der Waals surface area contributed by atoms with Gasteiger partial charge in [0, 0.05) is 13.2 Å².